The predicted octanol–water partition coefficient (Wildman–Crippen LogP) is 1.07. The van der Waals surface area contributed by atoms with Gasteiger partial charge in [-0.3, -0.25) is 4.79 Å². The van der Waals surface area contributed by atoms with Crippen molar-refractivity contribution in [1.82, 2.24) is 14.9 Å². The molecule has 1 aromatic rings. The quantitative estimate of drug-likeness (QED) is 0.809. The van der Waals surface area contributed by atoms with E-state index in [9.17, 15) is 4.79 Å². The fraction of sp³-hybridized carbons (Fsp3) is 0.545. The first-order valence-corrected chi connectivity index (χ1v) is 5.53. The van der Waals surface area contributed by atoms with Crippen molar-refractivity contribution < 1.29 is 4.79 Å². The molecular formula is C11H16N4O. The van der Waals surface area contributed by atoms with Gasteiger partial charge in [0, 0.05) is 13.1 Å². The van der Waals surface area contributed by atoms with E-state index < -0.39 is 0 Å². The molecule has 0 spiro atoms. The summed E-state index contributed by atoms with van der Waals surface area (Å²) >= 11 is 0. The molecule has 86 valence electrons. The van der Waals surface area contributed by atoms with Crippen molar-refractivity contribution in [2.75, 3.05) is 12.8 Å². The average molecular weight is 220 g/mol. The van der Waals surface area contributed by atoms with Gasteiger partial charge in [0.1, 0.15) is 11.5 Å². The number of rotatable bonds is 2. The van der Waals surface area contributed by atoms with Gasteiger partial charge in [0.25, 0.3) is 5.91 Å². The summed E-state index contributed by atoms with van der Waals surface area (Å²) in [6.45, 7) is 0. The molecule has 1 heterocycles. The molecule has 5 nitrogen and oxygen atoms in total. The lowest BCUT2D eigenvalue weighted by atomic mass is 10.2. The zero-order valence-corrected chi connectivity index (χ0v) is 9.39. The van der Waals surface area contributed by atoms with E-state index in [0.717, 1.165) is 12.8 Å². The third-order valence-corrected chi connectivity index (χ3v) is 3.08. The second-order valence-corrected chi connectivity index (χ2v) is 4.18. The summed E-state index contributed by atoms with van der Waals surface area (Å²) in [5, 5.41) is 0. The van der Waals surface area contributed by atoms with Crippen molar-refractivity contribution in [3.63, 3.8) is 0 Å². The largest absolute Gasteiger partial charge is 0.382 e. The van der Waals surface area contributed by atoms with Gasteiger partial charge in [-0.2, -0.15) is 0 Å². The zero-order valence-electron chi connectivity index (χ0n) is 9.39. The number of hydrogen-bond donors (Lipinski definition) is 1. The van der Waals surface area contributed by atoms with Crippen LogP contribution in [0.2, 0.25) is 0 Å². The number of nitrogens with zero attached hydrogens (tertiary/aromatic N) is 3. The number of nitrogens with two attached hydrogens (primary N) is 1. The standard InChI is InChI=1S/C11H16N4O/c1-15(8-4-2-3-5-8)11(16)9-6-14-10(12)7-13-9/h6-8H,2-5H2,1H3,(H2,12,14). The molecule has 0 aliphatic heterocycles. The Hall–Kier alpha value is -1.65. The summed E-state index contributed by atoms with van der Waals surface area (Å²) in [5.41, 5.74) is 5.79. The summed E-state index contributed by atoms with van der Waals surface area (Å²) in [5.74, 6) is 0.263. The summed E-state index contributed by atoms with van der Waals surface area (Å²) in [7, 11) is 1.83. The van der Waals surface area contributed by atoms with E-state index in [0.29, 0.717) is 17.6 Å². The lowest BCUT2D eigenvalue weighted by molar-refractivity contribution is 0.0729. The van der Waals surface area contributed by atoms with Crippen LogP contribution in [-0.4, -0.2) is 33.9 Å². The Balaban J connectivity index is 2.08. The van der Waals surface area contributed by atoms with Crippen LogP contribution in [0.4, 0.5) is 5.82 Å². The summed E-state index contributed by atoms with van der Waals surface area (Å²) < 4.78 is 0. The Morgan fingerprint density at radius 3 is 2.62 bits per heavy atom. The highest BCUT2D eigenvalue weighted by molar-refractivity contribution is 5.92. The first kappa shape index (κ1) is 10.9. The first-order valence-electron chi connectivity index (χ1n) is 5.53. The number of amides is 1. The minimum absolute atomic E-state index is 0.0700. The third kappa shape index (κ3) is 2.13. The molecule has 1 saturated carbocycles. The smallest absolute Gasteiger partial charge is 0.274 e. The second-order valence-electron chi connectivity index (χ2n) is 4.18. The van der Waals surface area contributed by atoms with Crippen molar-refractivity contribution in [3.8, 4) is 0 Å². The molecule has 0 bridgehead atoms. The van der Waals surface area contributed by atoms with Crippen LogP contribution in [0.25, 0.3) is 0 Å². The Bertz CT molecular complexity index is 370. The molecule has 0 atom stereocenters. The van der Waals surface area contributed by atoms with Crippen molar-refractivity contribution in [1.29, 1.82) is 0 Å². The molecule has 1 aliphatic rings. The van der Waals surface area contributed by atoms with E-state index >= 15 is 0 Å². The molecule has 16 heavy (non-hydrogen) atoms. The highest BCUT2D eigenvalue weighted by Crippen LogP contribution is 2.23. The minimum Gasteiger partial charge on any atom is -0.382 e. The number of aromatic nitrogens is 2. The average Bonchev–Trinajstić information content (AvgIpc) is 2.81. The molecule has 1 fully saturated rings. The normalized spacial score (nSPS) is 16.3. The van der Waals surface area contributed by atoms with Crippen molar-refractivity contribution in [2.24, 2.45) is 0 Å². The molecule has 2 N–H and O–H groups in total. The minimum atomic E-state index is -0.0700. The molecule has 0 aromatic carbocycles. The number of carbonyl (C=O) groups excluding carboxylic acids is 1. The monoisotopic (exact) mass is 220 g/mol. The van der Waals surface area contributed by atoms with Gasteiger partial charge < -0.3 is 10.6 Å². The van der Waals surface area contributed by atoms with Gasteiger partial charge in [-0.25, -0.2) is 9.97 Å². The Morgan fingerprint density at radius 1 is 1.38 bits per heavy atom. The van der Waals surface area contributed by atoms with Crippen LogP contribution >= 0.6 is 0 Å². The Kier molecular flexibility index (Phi) is 3.03. The lowest BCUT2D eigenvalue weighted by Gasteiger charge is -2.23. The van der Waals surface area contributed by atoms with Crippen LogP contribution in [0.1, 0.15) is 36.2 Å². The van der Waals surface area contributed by atoms with Gasteiger partial charge in [-0.15, -0.1) is 0 Å². The fourth-order valence-corrected chi connectivity index (χ4v) is 2.09. The summed E-state index contributed by atoms with van der Waals surface area (Å²) in [6, 6.07) is 0.354. The highest BCUT2D eigenvalue weighted by Gasteiger charge is 2.24. The van der Waals surface area contributed by atoms with E-state index in [1.54, 1.807) is 4.90 Å². The summed E-state index contributed by atoms with van der Waals surface area (Å²) in [4.78, 5) is 21.7. The van der Waals surface area contributed by atoms with Crippen LogP contribution in [0.5, 0.6) is 0 Å². The molecule has 1 amide bonds. The number of hydrogen-bond acceptors (Lipinski definition) is 4. The Morgan fingerprint density at radius 2 is 2.06 bits per heavy atom. The first-order chi connectivity index (χ1) is 7.68. The highest BCUT2D eigenvalue weighted by atomic mass is 16.2. The number of nitrogen functional groups attached to an aromatic ring is 1. The van der Waals surface area contributed by atoms with E-state index in [1.165, 1.54) is 25.2 Å². The molecule has 1 aliphatic carbocycles. The van der Waals surface area contributed by atoms with Gasteiger partial charge in [-0.1, -0.05) is 12.8 Å². The van der Waals surface area contributed by atoms with Gasteiger partial charge >= 0.3 is 0 Å². The van der Waals surface area contributed by atoms with E-state index in [1.807, 2.05) is 7.05 Å². The topological polar surface area (TPSA) is 72.1 Å². The molecule has 5 heteroatoms. The predicted molar refractivity (Wildman–Crippen MR) is 60.8 cm³/mol. The Labute approximate surface area is 94.7 Å². The maximum Gasteiger partial charge on any atom is 0.274 e. The second kappa shape index (κ2) is 4.47. The van der Waals surface area contributed by atoms with E-state index in [-0.39, 0.29) is 5.91 Å². The maximum absolute atomic E-state index is 12.0. The molecule has 1 aromatic heterocycles. The van der Waals surface area contributed by atoms with Gasteiger partial charge in [0.15, 0.2) is 0 Å². The number of carbonyl (C=O) groups is 1. The third-order valence-electron chi connectivity index (χ3n) is 3.08. The molecular weight excluding hydrogens is 204 g/mol. The molecule has 0 saturated heterocycles. The lowest BCUT2D eigenvalue weighted by Crippen LogP contribution is -2.35. The summed E-state index contributed by atoms with van der Waals surface area (Å²) in [6.07, 6.45) is 7.43. The van der Waals surface area contributed by atoms with E-state index in [2.05, 4.69) is 9.97 Å². The fourth-order valence-electron chi connectivity index (χ4n) is 2.09. The van der Waals surface area contributed by atoms with Crippen LogP contribution < -0.4 is 5.73 Å². The van der Waals surface area contributed by atoms with E-state index in [4.69, 9.17) is 5.73 Å². The number of anilines is 1. The zero-order chi connectivity index (χ0) is 11.5. The van der Waals surface area contributed by atoms with Crippen LogP contribution in [0, 0.1) is 0 Å². The van der Waals surface area contributed by atoms with Gasteiger partial charge in [0.05, 0.1) is 12.4 Å². The van der Waals surface area contributed by atoms with Crippen LogP contribution in [0.15, 0.2) is 12.4 Å². The molecule has 2 rings (SSSR count). The van der Waals surface area contributed by atoms with Crippen LogP contribution in [-0.2, 0) is 0 Å². The van der Waals surface area contributed by atoms with Crippen molar-refractivity contribution in [3.05, 3.63) is 18.1 Å². The van der Waals surface area contributed by atoms with Gasteiger partial charge in [0.2, 0.25) is 0 Å². The molecule has 0 radical (unpaired) electrons. The van der Waals surface area contributed by atoms with Crippen LogP contribution in [0.3, 0.4) is 0 Å². The van der Waals surface area contributed by atoms with Crippen molar-refractivity contribution >= 4 is 11.7 Å². The SMILES string of the molecule is CN(C(=O)c1cnc(N)cn1)C1CCCC1. The van der Waals surface area contributed by atoms with Crippen molar-refractivity contribution in [2.45, 2.75) is 31.7 Å². The molecule has 0 unspecified atom stereocenters. The maximum atomic E-state index is 12.0. The van der Waals surface area contributed by atoms with Gasteiger partial charge in [-0.05, 0) is 12.8 Å².